The molecule has 1 heterocycles. The average Bonchev–Trinajstić information content (AvgIpc) is 3.12. The summed E-state index contributed by atoms with van der Waals surface area (Å²) in [6, 6.07) is 14.5. The zero-order valence-corrected chi connectivity index (χ0v) is 16.8. The number of halogens is 2. The number of rotatable bonds is 6. The molecule has 1 N–H and O–H groups in total. The molecule has 1 aromatic heterocycles. The highest BCUT2D eigenvalue weighted by Crippen LogP contribution is 2.34. The molecule has 0 unspecified atom stereocenters. The van der Waals surface area contributed by atoms with Crippen molar-refractivity contribution in [1.82, 2.24) is 5.43 Å². The van der Waals surface area contributed by atoms with Crippen LogP contribution in [0.5, 0.6) is 5.75 Å². The normalized spacial score (nSPS) is 11.0. The van der Waals surface area contributed by atoms with Crippen LogP contribution in [0.4, 0.5) is 0 Å². The number of amides is 1. The number of hydrogen-bond acceptors (Lipinski definition) is 4. The van der Waals surface area contributed by atoms with E-state index in [1.807, 2.05) is 32.0 Å². The minimum absolute atomic E-state index is 0.136. The fourth-order valence-electron chi connectivity index (χ4n) is 2.57. The Labute approximate surface area is 172 Å². The van der Waals surface area contributed by atoms with Gasteiger partial charge < -0.3 is 9.15 Å². The zero-order chi connectivity index (χ0) is 20.1. The van der Waals surface area contributed by atoms with Gasteiger partial charge in [-0.3, -0.25) is 4.79 Å². The van der Waals surface area contributed by atoms with E-state index in [-0.39, 0.29) is 12.5 Å². The van der Waals surface area contributed by atoms with E-state index in [2.05, 4.69) is 10.5 Å². The van der Waals surface area contributed by atoms with Crippen molar-refractivity contribution in [3.63, 3.8) is 0 Å². The molecule has 0 bridgehead atoms. The molecule has 0 atom stereocenters. The number of aryl methyl sites for hydroxylation is 2. The molecule has 0 saturated heterocycles. The summed E-state index contributed by atoms with van der Waals surface area (Å²) in [4.78, 5) is 11.9. The van der Waals surface area contributed by atoms with E-state index in [0.717, 1.165) is 11.1 Å². The summed E-state index contributed by atoms with van der Waals surface area (Å²) >= 11 is 12.2. The first-order valence-corrected chi connectivity index (χ1v) is 9.26. The predicted octanol–water partition coefficient (Wildman–Crippen LogP) is 5.40. The Bertz CT molecular complexity index is 1030. The number of furan rings is 1. The molecule has 0 aliphatic carbocycles. The van der Waals surface area contributed by atoms with Crippen molar-refractivity contribution < 1.29 is 13.9 Å². The SMILES string of the molecule is Cc1ccc(OCC(=O)N/N=C\c2ccc(-c3cccc(Cl)c3Cl)o2)c(C)c1. The highest BCUT2D eigenvalue weighted by Gasteiger charge is 2.10. The van der Waals surface area contributed by atoms with Gasteiger partial charge in [0.15, 0.2) is 6.61 Å². The predicted molar refractivity (Wildman–Crippen MR) is 111 cm³/mol. The van der Waals surface area contributed by atoms with Crippen LogP contribution in [-0.4, -0.2) is 18.7 Å². The number of benzene rings is 2. The van der Waals surface area contributed by atoms with Gasteiger partial charge in [-0.05, 0) is 49.7 Å². The minimum atomic E-state index is -0.374. The molecule has 1 amide bonds. The van der Waals surface area contributed by atoms with Crippen LogP contribution >= 0.6 is 23.2 Å². The van der Waals surface area contributed by atoms with E-state index < -0.39 is 0 Å². The second-order valence-corrected chi connectivity index (χ2v) is 6.94. The summed E-state index contributed by atoms with van der Waals surface area (Å²) in [5.41, 5.74) is 5.19. The molecule has 3 rings (SSSR count). The summed E-state index contributed by atoms with van der Waals surface area (Å²) in [5, 5.41) is 4.74. The summed E-state index contributed by atoms with van der Waals surface area (Å²) in [7, 11) is 0. The van der Waals surface area contributed by atoms with E-state index >= 15 is 0 Å². The third-order valence-corrected chi connectivity index (χ3v) is 4.73. The van der Waals surface area contributed by atoms with Crippen LogP contribution in [0.2, 0.25) is 10.0 Å². The largest absolute Gasteiger partial charge is 0.483 e. The summed E-state index contributed by atoms with van der Waals surface area (Å²) in [6.45, 7) is 3.79. The Morgan fingerprint density at radius 1 is 1.18 bits per heavy atom. The van der Waals surface area contributed by atoms with Crippen molar-refractivity contribution in [3.05, 3.63) is 75.5 Å². The molecule has 0 saturated carbocycles. The van der Waals surface area contributed by atoms with Crippen LogP contribution in [0.1, 0.15) is 16.9 Å². The summed E-state index contributed by atoms with van der Waals surface area (Å²) in [6.07, 6.45) is 1.40. The Balaban J connectivity index is 1.55. The van der Waals surface area contributed by atoms with Crippen LogP contribution in [0.15, 0.2) is 58.0 Å². The second kappa shape index (κ2) is 8.95. The zero-order valence-electron chi connectivity index (χ0n) is 15.3. The molecular formula is C21H18Cl2N2O3. The number of carbonyl (C=O) groups is 1. The number of nitrogens with zero attached hydrogens (tertiary/aromatic N) is 1. The number of hydrazone groups is 1. The van der Waals surface area contributed by atoms with Crippen molar-refractivity contribution in [2.45, 2.75) is 13.8 Å². The van der Waals surface area contributed by atoms with Gasteiger partial charge in [0.1, 0.15) is 17.3 Å². The molecule has 2 aromatic carbocycles. The molecule has 7 heteroatoms. The quantitative estimate of drug-likeness (QED) is 0.432. The van der Waals surface area contributed by atoms with Crippen LogP contribution in [0, 0.1) is 13.8 Å². The van der Waals surface area contributed by atoms with E-state index in [1.54, 1.807) is 30.3 Å². The topological polar surface area (TPSA) is 63.8 Å². The minimum Gasteiger partial charge on any atom is -0.483 e. The van der Waals surface area contributed by atoms with Crippen molar-refractivity contribution >= 4 is 35.3 Å². The van der Waals surface area contributed by atoms with Crippen molar-refractivity contribution in [3.8, 4) is 17.1 Å². The van der Waals surface area contributed by atoms with Crippen LogP contribution in [0.3, 0.4) is 0 Å². The Hall–Kier alpha value is -2.76. The van der Waals surface area contributed by atoms with Gasteiger partial charge in [0.05, 0.1) is 16.3 Å². The Kier molecular flexibility index (Phi) is 6.39. The van der Waals surface area contributed by atoms with Gasteiger partial charge in [-0.25, -0.2) is 5.43 Å². The van der Waals surface area contributed by atoms with Gasteiger partial charge in [0.25, 0.3) is 5.91 Å². The maximum Gasteiger partial charge on any atom is 0.277 e. The van der Waals surface area contributed by atoms with E-state index in [9.17, 15) is 4.79 Å². The van der Waals surface area contributed by atoms with Gasteiger partial charge in [0.2, 0.25) is 0 Å². The highest BCUT2D eigenvalue weighted by molar-refractivity contribution is 6.43. The first-order chi connectivity index (χ1) is 13.4. The number of carbonyl (C=O) groups excluding carboxylic acids is 1. The van der Waals surface area contributed by atoms with Gasteiger partial charge >= 0.3 is 0 Å². The van der Waals surface area contributed by atoms with Crippen molar-refractivity contribution in [2.75, 3.05) is 6.61 Å². The molecule has 0 aliphatic rings. The molecular weight excluding hydrogens is 399 g/mol. The molecule has 144 valence electrons. The van der Waals surface area contributed by atoms with Crippen LogP contribution < -0.4 is 10.2 Å². The molecule has 0 radical (unpaired) electrons. The van der Waals surface area contributed by atoms with Crippen molar-refractivity contribution in [2.24, 2.45) is 5.10 Å². The molecule has 3 aromatic rings. The lowest BCUT2D eigenvalue weighted by atomic mass is 10.1. The third-order valence-electron chi connectivity index (χ3n) is 3.91. The molecule has 28 heavy (non-hydrogen) atoms. The van der Waals surface area contributed by atoms with Crippen LogP contribution in [-0.2, 0) is 4.79 Å². The molecule has 0 spiro atoms. The fraction of sp³-hybridized carbons (Fsp3) is 0.143. The maximum atomic E-state index is 11.9. The molecule has 0 aliphatic heterocycles. The highest BCUT2D eigenvalue weighted by atomic mass is 35.5. The van der Waals surface area contributed by atoms with Gasteiger partial charge in [-0.2, -0.15) is 5.10 Å². The standard InChI is InChI=1S/C21H18Cl2N2O3/c1-13-6-8-18(14(2)10-13)27-12-20(26)25-24-11-15-7-9-19(28-15)16-4-3-5-17(22)21(16)23/h3-11H,12H2,1-2H3,(H,25,26)/b24-11-. The smallest absolute Gasteiger partial charge is 0.277 e. The first-order valence-electron chi connectivity index (χ1n) is 8.50. The average molecular weight is 417 g/mol. The van der Waals surface area contributed by atoms with Gasteiger partial charge in [-0.1, -0.05) is 47.0 Å². The van der Waals surface area contributed by atoms with Crippen molar-refractivity contribution in [1.29, 1.82) is 0 Å². The van der Waals surface area contributed by atoms with E-state index in [0.29, 0.717) is 32.9 Å². The Morgan fingerprint density at radius 2 is 2.00 bits per heavy atom. The molecule has 0 fully saturated rings. The maximum absolute atomic E-state index is 11.9. The van der Waals surface area contributed by atoms with E-state index in [1.165, 1.54) is 6.21 Å². The lowest BCUT2D eigenvalue weighted by molar-refractivity contribution is -0.123. The van der Waals surface area contributed by atoms with E-state index in [4.69, 9.17) is 32.4 Å². The number of hydrogen-bond donors (Lipinski definition) is 1. The first kappa shape index (κ1) is 20.0. The molecule has 5 nitrogen and oxygen atoms in total. The number of ether oxygens (including phenoxy) is 1. The summed E-state index contributed by atoms with van der Waals surface area (Å²) < 4.78 is 11.2. The van der Waals surface area contributed by atoms with Crippen LogP contribution in [0.25, 0.3) is 11.3 Å². The fourth-order valence-corrected chi connectivity index (χ4v) is 2.96. The third kappa shape index (κ3) is 4.94. The lowest BCUT2D eigenvalue weighted by Crippen LogP contribution is -2.24. The number of nitrogens with one attached hydrogen (secondary N) is 1. The Morgan fingerprint density at radius 3 is 2.79 bits per heavy atom. The van der Waals surface area contributed by atoms with Gasteiger partial charge in [-0.15, -0.1) is 0 Å². The monoisotopic (exact) mass is 416 g/mol. The second-order valence-electron chi connectivity index (χ2n) is 6.15. The lowest BCUT2D eigenvalue weighted by Gasteiger charge is -2.08. The van der Waals surface area contributed by atoms with Gasteiger partial charge in [0, 0.05) is 5.56 Å². The summed E-state index contributed by atoms with van der Waals surface area (Å²) in [5.74, 6) is 1.31.